The molecule has 2 atom stereocenters. The fourth-order valence-electron chi connectivity index (χ4n) is 3.37. The summed E-state index contributed by atoms with van der Waals surface area (Å²) >= 11 is 0. The summed E-state index contributed by atoms with van der Waals surface area (Å²) in [5.41, 5.74) is 3.87. The SMILES string of the molecule is C[C@H](OC(=O)c1ccc(N(C)C)cc1)C(=O)N[C@@H]1CCCc2ccccc21. The van der Waals surface area contributed by atoms with E-state index in [1.807, 2.05) is 43.3 Å². The Kier molecular flexibility index (Phi) is 5.79. The topological polar surface area (TPSA) is 58.6 Å². The quantitative estimate of drug-likeness (QED) is 0.823. The first kappa shape index (κ1) is 19.0. The van der Waals surface area contributed by atoms with Crippen molar-refractivity contribution in [2.24, 2.45) is 0 Å². The predicted molar refractivity (Wildman–Crippen MR) is 106 cm³/mol. The standard InChI is InChI=1S/C22H26N2O3/c1-15(27-22(26)17-11-13-18(14-12-17)24(2)3)21(25)23-20-10-6-8-16-7-4-5-9-19(16)20/h4-5,7,9,11-15,20H,6,8,10H2,1-3H3,(H,23,25)/t15-,20+/m0/s1. The summed E-state index contributed by atoms with van der Waals surface area (Å²) in [7, 11) is 3.87. The molecule has 27 heavy (non-hydrogen) atoms. The Morgan fingerprint density at radius 3 is 2.52 bits per heavy atom. The van der Waals surface area contributed by atoms with E-state index < -0.39 is 12.1 Å². The largest absolute Gasteiger partial charge is 0.449 e. The van der Waals surface area contributed by atoms with E-state index in [-0.39, 0.29) is 11.9 Å². The van der Waals surface area contributed by atoms with Crippen LogP contribution in [0.2, 0.25) is 0 Å². The molecule has 5 nitrogen and oxygen atoms in total. The van der Waals surface area contributed by atoms with Gasteiger partial charge in [0.15, 0.2) is 6.10 Å². The summed E-state index contributed by atoms with van der Waals surface area (Å²) in [5, 5.41) is 3.03. The van der Waals surface area contributed by atoms with Crippen LogP contribution in [0.4, 0.5) is 5.69 Å². The molecule has 2 aromatic carbocycles. The van der Waals surface area contributed by atoms with Crippen molar-refractivity contribution in [2.45, 2.75) is 38.3 Å². The van der Waals surface area contributed by atoms with Gasteiger partial charge >= 0.3 is 5.97 Å². The number of carbonyl (C=O) groups excluding carboxylic acids is 2. The highest BCUT2D eigenvalue weighted by atomic mass is 16.5. The van der Waals surface area contributed by atoms with Gasteiger partial charge in [-0.2, -0.15) is 0 Å². The van der Waals surface area contributed by atoms with Gasteiger partial charge in [0, 0.05) is 19.8 Å². The number of fused-ring (bicyclic) bond motifs is 1. The Bertz CT molecular complexity index is 815. The molecule has 1 amide bonds. The van der Waals surface area contributed by atoms with Crippen molar-refractivity contribution in [2.75, 3.05) is 19.0 Å². The first-order chi connectivity index (χ1) is 13.0. The van der Waals surface area contributed by atoms with Crippen LogP contribution in [-0.2, 0) is 16.0 Å². The van der Waals surface area contributed by atoms with Gasteiger partial charge < -0.3 is 15.0 Å². The number of nitrogens with zero attached hydrogens (tertiary/aromatic N) is 1. The summed E-state index contributed by atoms with van der Waals surface area (Å²) in [6, 6.07) is 15.3. The number of nitrogens with one attached hydrogen (secondary N) is 1. The monoisotopic (exact) mass is 366 g/mol. The van der Waals surface area contributed by atoms with Gasteiger partial charge in [-0.1, -0.05) is 24.3 Å². The third kappa shape index (κ3) is 4.48. The van der Waals surface area contributed by atoms with Gasteiger partial charge in [0.25, 0.3) is 5.91 Å². The average Bonchev–Trinajstić information content (AvgIpc) is 2.68. The number of benzene rings is 2. The van der Waals surface area contributed by atoms with Crippen molar-refractivity contribution in [1.82, 2.24) is 5.32 Å². The Balaban J connectivity index is 1.60. The van der Waals surface area contributed by atoms with Crippen molar-refractivity contribution in [3.8, 4) is 0 Å². The lowest BCUT2D eigenvalue weighted by molar-refractivity contribution is -0.130. The van der Waals surface area contributed by atoms with Crippen molar-refractivity contribution >= 4 is 17.6 Å². The maximum absolute atomic E-state index is 12.5. The molecule has 0 aliphatic heterocycles. The lowest BCUT2D eigenvalue weighted by Gasteiger charge is -2.27. The van der Waals surface area contributed by atoms with Gasteiger partial charge in [-0.25, -0.2) is 4.79 Å². The molecule has 1 aliphatic rings. The number of rotatable bonds is 5. The minimum atomic E-state index is -0.847. The normalized spacial score (nSPS) is 16.8. The second-order valence-corrected chi connectivity index (χ2v) is 7.14. The van der Waals surface area contributed by atoms with E-state index in [1.54, 1.807) is 19.1 Å². The number of hydrogen-bond acceptors (Lipinski definition) is 4. The molecule has 0 unspecified atom stereocenters. The van der Waals surface area contributed by atoms with Crippen molar-refractivity contribution in [1.29, 1.82) is 0 Å². The first-order valence-electron chi connectivity index (χ1n) is 9.32. The third-order valence-electron chi connectivity index (χ3n) is 4.96. The molecular weight excluding hydrogens is 340 g/mol. The Morgan fingerprint density at radius 1 is 1.11 bits per heavy atom. The fourth-order valence-corrected chi connectivity index (χ4v) is 3.37. The van der Waals surface area contributed by atoms with Crippen LogP contribution in [0.3, 0.4) is 0 Å². The van der Waals surface area contributed by atoms with Crippen LogP contribution in [0.25, 0.3) is 0 Å². The molecule has 0 heterocycles. The van der Waals surface area contributed by atoms with Gasteiger partial charge in [-0.05, 0) is 61.6 Å². The van der Waals surface area contributed by atoms with E-state index in [4.69, 9.17) is 4.74 Å². The van der Waals surface area contributed by atoms with Crippen LogP contribution in [0.15, 0.2) is 48.5 Å². The highest BCUT2D eigenvalue weighted by Crippen LogP contribution is 2.29. The zero-order chi connectivity index (χ0) is 19.4. The van der Waals surface area contributed by atoms with Gasteiger partial charge in [-0.15, -0.1) is 0 Å². The lowest BCUT2D eigenvalue weighted by atomic mass is 9.87. The molecule has 0 bridgehead atoms. The molecule has 142 valence electrons. The summed E-state index contributed by atoms with van der Waals surface area (Å²) in [6.45, 7) is 1.61. The first-order valence-corrected chi connectivity index (χ1v) is 9.32. The zero-order valence-electron chi connectivity index (χ0n) is 16.1. The molecule has 0 aromatic heterocycles. The van der Waals surface area contributed by atoms with Gasteiger partial charge in [0.05, 0.1) is 11.6 Å². The molecule has 0 saturated heterocycles. The lowest BCUT2D eigenvalue weighted by Crippen LogP contribution is -2.39. The average molecular weight is 366 g/mol. The van der Waals surface area contributed by atoms with E-state index in [1.165, 1.54) is 5.56 Å². The van der Waals surface area contributed by atoms with Gasteiger partial charge in [0.1, 0.15) is 0 Å². The van der Waals surface area contributed by atoms with Crippen LogP contribution in [0.5, 0.6) is 0 Å². The highest BCUT2D eigenvalue weighted by Gasteiger charge is 2.25. The number of amides is 1. The Hall–Kier alpha value is -2.82. The van der Waals surface area contributed by atoms with Crippen LogP contribution in [0.1, 0.15) is 47.3 Å². The number of aryl methyl sites for hydroxylation is 1. The number of anilines is 1. The third-order valence-corrected chi connectivity index (χ3v) is 4.96. The summed E-state index contributed by atoms with van der Waals surface area (Å²) in [6.07, 6.45) is 2.12. The van der Waals surface area contributed by atoms with E-state index in [0.717, 1.165) is 30.5 Å². The number of ether oxygens (including phenoxy) is 1. The fraction of sp³-hybridized carbons (Fsp3) is 0.364. The van der Waals surface area contributed by atoms with Crippen LogP contribution >= 0.6 is 0 Å². The summed E-state index contributed by atoms with van der Waals surface area (Å²) < 4.78 is 5.36. The zero-order valence-corrected chi connectivity index (χ0v) is 16.1. The minimum absolute atomic E-state index is 0.0250. The van der Waals surface area contributed by atoms with Gasteiger partial charge in [-0.3, -0.25) is 4.79 Å². The van der Waals surface area contributed by atoms with Crippen molar-refractivity contribution in [3.05, 3.63) is 65.2 Å². The number of hydrogen-bond donors (Lipinski definition) is 1. The van der Waals surface area contributed by atoms with Gasteiger partial charge in [0.2, 0.25) is 0 Å². The van der Waals surface area contributed by atoms with Crippen molar-refractivity contribution in [3.63, 3.8) is 0 Å². The summed E-state index contributed by atoms with van der Waals surface area (Å²) in [5.74, 6) is -0.762. The molecule has 0 saturated carbocycles. The van der Waals surface area contributed by atoms with E-state index >= 15 is 0 Å². The maximum atomic E-state index is 12.5. The summed E-state index contributed by atoms with van der Waals surface area (Å²) in [4.78, 5) is 26.8. The van der Waals surface area contributed by atoms with E-state index in [0.29, 0.717) is 5.56 Å². The maximum Gasteiger partial charge on any atom is 0.338 e. The predicted octanol–water partition coefficient (Wildman–Crippen LogP) is 3.49. The van der Waals surface area contributed by atoms with Crippen LogP contribution < -0.4 is 10.2 Å². The molecule has 0 radical (unpaired) electrons. The van der Waals surface area contributed by atoms with E-state index in [9.17, 15) is 9.59 Å². The molecule has 2 aromatic rings. The Morgan fingerprint density at radius 2 is 1.81 bits per heavy atom. The number of esters is 1. The number of carbonyl (C=O) groups is 2. The molecule has 5 heteroatoms. The molecule has 1 N–H and O–H groups in total. The molecule has 0 fully saturated rings. The van der Waals surface area contributed by atoms with E-state index in [2.05, 4.69) is 17.4 Å². The minimum Gasteiger partial charge on any atom is -0.449 e. The Labute approximate surface area is 160 Å². The molecular formula is C22H26N2O3. The van der Waals surface area contributed by atoms with Crippen molar-refractivity contribution < 1.29 is 14.3 Å². The molecule has 3 rings (SSSR count). The van der Waals surface area contributed by atoms with Crippen LogP contribution in [-0.4, -0.2) is 32.1 Å². The molecule has 0 spiro atoms. The second-order valence-electron chi connectivity index (χ2n) is 7.14. The van der Waals surface area contributed by atoms with Crippen LogP contribution in [0, 0.1) is 0 Å². The smallest absolute Gasteiger partial charge is 0.338 e. The highest BCUT2D eigenvalue weighted by molar-refractivity contribution is 5.92. The second kappa shape index (κ2) is 8.25. The molecule has 1 aliphatic carbocycles.